The summed E-state index contributed by atoms with van der Waals surface area (Å²) in [7, 11) is 0. The number of hydrogen-bond acceptors (Lipinski definition) is 1. The summed E-state index contributed by atoms with van der Waals surface area (Å²) in [4.78, 5) is 11.4. The van der Waals surface area contributed by atoms with Crippen LogP contribution in [0, 0.1) is 11.8 Å². The van der Waals surface area contributed by atoms with Gasteiger partial charge in [0.25, 0.3) is 0 Å². The van der Waals surface area contributed by atoms with Gasteiger partial charge in [-0.2, -0.15) is 0 Å². The van der Waals surface area contributed by atoms with Crippen molar-refractivity contribution in [1.29, 1.82) is 0 Å². The molecular formula is C15H18O. The first-order valence-corrected chi connectivity index (χ1v) is 5.78. The van der Waals surface area contributed by atoms with Crippen LogP contribution in [0.25, 0.3) is 0 Å². The fraction of sp³-hybridized carbons (Fsp3) is 0.400. The number of benzene rings is 1. The first-order valence-electron chi connectivity index (χ1n) is 5.78. The molecular weight excluding hydrogens is 196 g/mol. The highest BCUT2D eigenvalue weighted by atomic mass is 16.1. The number of ketones is 1. The first-order chi connectivity index (χ1) is 7.83. The van der Waals surface area contributed by atoms with E-state index in [-0.39, 0.29) is 0 Å². The van der Waals surface area contributed by atoms with Crippen LogP contribution in [0.4, 0.5) is 0 Å². The minimum absolute atomic E-state index is 0.332. The van der Waals surface area contributed by atoms with Crippen molar-refractivity contribution in [2.24, 2.45) is 0 Å². The second-order valence-corrected chi connectivity index (χ2v) is 3.80. The molecule has 0 N–H and O–H groups in total. The summed E-state index contributed by atoms with van der Waals surface area (Å²) in [6.07, 6.45) is 3.94. The zero-order valence-electron chi connectivity index (χ0n) is 9.83. The standard InChI is InChI=1S/C15H18O/c1-2-3-5-12-15(16)13-8-11-14-9-6-4-7-10-14/h4,6-7,9-10H,5,8,11-13H2,1H3. The van der Waals surface area contributed by atoms with Gasteiger partial charge in [-0.1, -0.05) is 30.3 Å². The normalized spacial score (nSPS) is 9.31. The van der Waals surface area contributed by atoms with Crippen molar-refractivity contribution in [3.05, 3.63) is 35.9 Å². The van der Waals surface area contributed by atoms with Crippen molar-refractivity contribution in [1.82, 2.24) is 0 Å². The molecule has 0 aliphatic carbocycles. The summed E-state index contributed by atoms with van der Waals surface area (Å²) in [6, 6.07) is 10.3. The summed E-state index contributed by atoms with van der Waals surface area (Å²) in [5.41, 5.74) is 1.31. The van der Waals surface area contributed by atoms with Crippen molar-refractivity contribution >= 4 is 5.78 Å². The molecule has 0 aliphatic rings. The number of Topliss-reactive ketones (excluding diaryl/α,β-unsaturated/α-hetero) is 1. The van der Waals surface area contributed by atoms with Crippen LogP contribution in [0.1, 0.15) is 38.2 Å². The molecule has 0 aliphatic heterocycles. The minimum atomic E-state index is 0.332. The van der Waals surface area contributed by atoms with Gasteiger partial charge >= 0.3 is 0 Å². The maximum Gasteiger partial charge on any atom is 0.133 e. The van der Waals surface area contributed by atoms with Gasteiger partial charge in [-0.05, 0) is 25.3 Å². The van der Waals surface area contributed by atoms with E-state index in [1.807, 2.05) is 18.2 Å². The molecule has 0 spiro atoms. The van der Waals surface area contributed by atoms with Crippen molar-refractivity contribution in [3.8, 4) is 11.8 Å². The Morgan fingerprint density at radius 1 is 1.19 bits per heavy atom. The second kappa shape index (κ2) is 7.70. The Morgan fingerprint density at radius 3 is 2.62 bits per heavy atom. The van der Waals surface area contributed by atoms with Gasteiger partial charge < -0.3 is 0 Å². The van der Waals surface area contributed by atoms with E-state index in [9.17, 15) is 4.79 Å². The highest BCUT2D eigenvalue weighted by molar-refractivity contribution is 5.78. The second-order valence-electron chi connectivity index (χ2n) is 3.80. The molecule has 0 fully saturated rings. The summed E-state index contributed by atoms with van der Waals surface area (Å²) in [5, 5.41) is 0. The van der Waals surface area contributed by atoms with Crippen LogP contribution in [0.2, 0.25) is 0 Å². The summed E-state index contributed by atoms with van der Waals surface area (Å²) in [5.74, 6) is 6.05. The Labute approximate surface area is 97.9 Å². The molecule has 1 heteroatoms. The number of aryl methyl sites for hydroxylation is 1. The van der Waals surface area contributed by atoms with E-state index in [4.69, 9.17) is 0 Å². The highest BCUT2D eigenvalue weighted by Crippen LogP contribution is 2.06. The quantitative estimate of drug-likeness (QED) is 0.663. The van der Waals surface area contributed by atoms with Gasteiger partial charge in [-0.25, -0.2) is 0 Å². The third kappa shape index (κ3) is 5.36. The van der Waals surface area contributed by atoms with Crippen LogP contribution in [-0.2, 0) is 11.2 Å². The van der Waals surface area contributed by atoms with Crippen LogP contribution < -0.4 is 0 Å². The monoisotopic (exact) mass is 214 g/mol. The molecule has 0 saturated carbocycles. The molecule has 0 amide bonds. The van der Waals surface area contributed by atoms with Crippen LogP contribution in [-0.4, -0.2) is 5.78 Å². The fourth-order valence-corrected chi connectivity index (χ4v) is 1.59. The molecule has 0 unspecified atom stereocenters. The SMILES string of the molecule is CC#CCCC(=O)CCCc1ccccc1. The third-order valence-electron chi connectivity index (χ3n) is 2.47. The van der Waals surface area contributed by atoms with Gasteiger partial charge in [0.15, 0.2) is 0 Å². The van der Waals surface area contributed by atoms with E-state index >= 15 is 0 Å². The van der Waals surface area contributed by atoms with E-state index < -0.39 is 0 Å². The fourth-order valence-electron chi connectivity index (χ4n) is 1.59. The van der Waals surface area contributed by atoms with Crippen molar-refractivity contribution in [3.63, 3.8) is 0 Å². The largest absolute Gasteiger partial charge is 0.300 e. The van der Waals surface area contributed by atoms with E-state index in [1.165, 1.54) is 5.56 Å². The van der Waals surface area contributed by atoms with Crippen LogP contribution in [0.15, 0.2) is 30.3 Å². The Bertz CT molecular complexity index is 367. The number of carbonyl (C=O) groups excluding carboxylic acids is 1. The Morgan fingerprint density at radius 2 is 1.94 bits per heavy atom. The lowest BCUT2D eigenvalue weighted by atomic mass is 10.0. The molecule has 0 aromatic heterocycles. The minimum Gasteiger partial charge on any atom is -0.300 e. The maximum atomic E-state index is 11.4. The Balaban J connectivity index is 2.15. The van der Waals surface area contributed by atoms with E-state index in [0.29, 0.717) is 25.0 Å². The topological polar surface area (TPSA) is 17.1 Å². The van der Waals surface area contributed by atoms with Gasteiger partial charge in [0, 0.05) is 19.3 Å². The van der Waals surface area contributed by atoms with E-state index in [0.717, 1.165) is 12.8 Å². The zero-order valence-corrected chi connectivity index (χ0v) is 9.83. The zero-order chi connectivity index (χ0) is 11.6. The number of rotatable bonds is 6. The molecule has 16 heavy (non-hydrogen) atoms. The summed E-state index contributed by atoms with van der Waals surface area (Å²) < 4.78 is 0. The van der Waals surface area contributed by atoms with Gasteiger partial charge in [0.1, 0.15) is 5.78 Å². The lowest BCUT2D eigenvalue weighted by Gasteiger charge is -2.00. The van der Waals surface area contributed by atoms with Crippen LogP contribution in [0.3, 0.4) is 0 Å². The smallest absolute Gasteiger partial charge is 0.133 e. The van der Waals surface area contributed by atoms with Crippen molar-refractivity contribution in [2.75, 3.05) is 0 Å². The Hall–Kier alpha value is -1.55. The third-order valence-corrected chi connectivity index (χ3v) is 2.47. The molecule has 1 aromatic rings. The van der Waals surface area contributed by atoms with Crippen LogP contribution >= 0.6 is 0 Å². The maximum absolute atomic E-state index is 11.4. The van der Waals surface area contributed by atoms with Gasteiger partial charge in [-0.15, -0.1) is 11.8 Å². The average molecular weight is 214 g/mol. The molecule has 0 heterocycles. The molecule has 0 saturated heterocycles. The molecule has 0 bridgehead atoms. The lowest BCUT2D eigenvalue weighted by molar-refractivity contribution is -0.119. The summed E-state index contributed by atoms with van der Waals surface area (Å²) in [6.45, 7) is 1.81. The average Bonchev–Trinajstić information content (AvgIpc) is 2.31. The molecule has 0 atom stereocenters. The molecule has 84 valence electrons. The summed E-state index contributed by atoms with van der Waals surface area (Å²) >= 11 is 0. The first kappa shape index (κ1) is 12.5. The van der Waals surface area contributed by atoms with E-state index in [2.05, 4.69) is 24.0 Å². The Kier molecular flexibility index (Phi) is 6.03. The molecule has 1 aromatic carbocycles. The van der Waals surface area contributed by atoms with Gasteiger partial charge in [0.2, 0.25) is 0 Å². The number of carbonyl (C=O) groups is 1. The number of hydrogen-bond donors (Lipinski definition) is 0. The van der Waals surface area contributed by atoms with Gasteiger partial charge in [-0.3, -0.25) is 4.79 Å². The van der Waals surface area contributed by atoms with Crippen LogP contribution in [0.5, 0.6) is 0 Å². The molecule has 0 radical (unpaired) electrons. The van der Waals surface area contributed by atoms with Crippen molar-refractivity contribution < 1.29 is 4.79 Å². The van der Waals surface area contributed by atoms with Gasteiger partial charge in [0.05, 0.1) is 0 Å². The molecule has 1 rings (SSSR count). The lowest BCUT2D eigenvalue weighted by Crippen LogP contribution is -1.98. The predicted molar refractivity (Wildman–Crippen MR) is 67.1 cm³/mol. The molecule has 1 nitrogen and oxygen atoms in total. The predicted octanol–water partition coefficient (Wildman–Crippen LogP) is 3.38. The highest BCUT2D eigenvalue weighted by Gasteiger charge is 2.00. The van der Waals surface area contributed by atoms with E-state index in [1.54, 1.807) is 6.92 Å². The van der Waals surface area contributed by atoms with Crippen molar-refractivity contribution in [2.45, 2.75) is 39.0 Å².